The Morgan fingerprint density at radius 3 is 2.55 bits per heavy atom. The largest absolute Gasteiger partial charge is 0.491 e. The summed E-state index contributed by atoms with van der Waals surface area (Å²) in [6, 6.07) is 18.2. The number of nitrogens with one attached hydrogen (secondary N) is 1. The number of methoxy groups -OCH3 is 1. The smallest absolute Gasteiger partial charge is 0.337 e. The number of hydrogen-bond donors (Lipinski definition) is 2. The maximum absolute atomic E-state index is 12.8. The maximum Gasteiger partial charge on any atom is 0.337 e. The highest BCUT2D eigenvalue weighted by atomic mass is 16.5. The van der Waals surface area contributed by atoms with E-state index < -0.39 is 12.0 Å². The minimum atomic E-state index is -0.732. The van der Waals surface area contributed by atoms with Gasteiger partial charge in [-0.2, -0.15) is 0 Å². The maximum atomic E-state index is 12.8. The van der Waals surface area contributed by atoms with Crippen LogP contribution in [0, 0.1) is 0 Å². The van der Waals surface area contributed by atoms with Gasteiger partial charge in [-0.05, 0) is 47.4 Å². The molecule has 0 bridgehead atoms. The molecule has 0 spiro atoms. The molecule has 3 aromatic carbocycles. The number of fused-ring (bicyclic) bond motifs is 1. The molecule has 6 nitrogen and oxygen atoms in total. The van der Waals surface area contributed by atoms with E-state index in [0.29, 0.717) is 30.0 Å². The fourth-order valence-corrected chi connectivity index (χ4v) is 3.25. The van der Waals surface area contributed by atoms with E-state index in [1.165, 1.54) is 7.11 Å². The Morgan fingerprint density at radius 1 is 1.03 bits per heavy atom. The summed E-state index contributed by atoms with van der Waals surface area (Å²) in [6.45, 7) is 2.54. The van der Waals surface area contributed by atoms with Gasteiger partial charge in [-0.25, -0.2) is 4.79 Å². The molecule has 0 aliphatic carbocycles. The Bertz CT molecular complexity index is 1060. The molecular weight excluding hydrogens is 392 g/mol. The molecule has 0 saturated carbocycles. The van der Waals surface area contributed by atoms with Crippen molar-refractivity contribution in [3.05, 3.63) is 71.8 Å². The van der Waals surface area contributed by atoms with Crippen LogP contribution in [0.3, 0.4) is 0 Å². The zero-order chi connectivity index (χ0) is 22.2. The first-order valence-electron chi connectivity index (χ1n) is 10.4. The van der Waals surface area contributed by atoms with Crippen LogP contribution in [-0.2, 0) is 16.0 Å². The summed E-state index contributed by atoms with van der Waals surface area (Å²) in [4.78, 5) is 24.6. The molecule has 1 atom stereocenters. The Hall–Kier alpha value is -3.38. The first-order chi connectivity index (χ1) is 15.0. The molecule has 0 radical (unpaired) electrons. The zero-order valence-electron chi connectivity index (χ0n) is 17.9. The molecule has 0 unspecified atom stereocenters. The lowest BCUT2D eigenvalue weighted by molar-refractivity contribution is -0.117. The second-order valence-electron chi connectivity index (χ2n) is 7.39. The van der Waals surface area contributed by atoms with Gasteiger partial charge in [0.05, 0.1) is 31.0 Å². The fourth-order valence-electron chi connectivity index (χ4n) is 3.25. The molecule has 1 amide bonds. The number of nitrogens with two attached hydrogens (primary N) is 1. The predicted octanol–water partition coefficient (Wildman–Crippen LogP) is 4.31. The van der Waals surface area contributed by atoms with Crippen molar-refractivity contribution in [1.29, 1.82) is 0 Å². The minimum Gasteiger partial charge on any atom is -0.491 e. The fraction of sp³-hybridized carbons (Fsp3) is 0.280. The van der Waals surface area contributed by atoms with Gasteiger partial charge in [0.15, 0.2) is 0 Å². The van der Waals surface area contributed by atoms with Crippen LogP contribution >= 0.6 is 0 Å². The van der Waals surface area contributed by atoms with Crippen LogP contribution in [-0.4, -0.2) is 31.6 Å². The van der Waals surface area contributed by atoms with Crippen molar-refractivity contribution in [1.82, 2.24) is 0 Å². The second-order valence-corrected chi connectivity index (χ2v) is 7.39. The van der Waals surface area contributed by atoms with Gasteiger partial charge in [0.25, 0.3) is 0 Å². The van der Waals surface area contributed by atoms with Crippen molar-refractivity contribution < 1.29 is 19.1 Å². The number of anilines is 1. The van der Waals surface area contributed by atoms with Crippen molar-refractivity contribution in [3.63, 3.8) is 0 Å². The lowest BCUT2D eigenvalue weighted by Crippen LogP contribution is -2.37. The van der Waals surface area contributed by atoms with E-state index in [2.05, 4.69) is 12.2 Å². The van der Waals surface area contributed by atoms with E-state index in [1.807, 2.05) is 42.5 Å². The Labute approximate surface area is 182 Å². The van der Waals surface area contributed by atoms with Crippen molar-refractivity contribution in [2.24, 2.45) is 5.73 Å². The number of unbranched alkanes of at least 4 members (excludes halogenated alkanes) is 1. The third-order valence-electron chi connectivity index (χ3n) is 5.02. The molecule has 0 aliphatic rings. The monoisotopic (exact) mass is 420 g/mol. The average Bonchev–Trinajstić information content (AvgIpc) is 2.79. The van der Waals surface area contributed by atoms with E-state index in [1.54, 1.807) is 18.2 Å². The average molecular weight is 421 g/mol. The minimum absolute atomic E-state index is 0.320. The number of carbonyl (C=O) groups excluding carboxylic acids is 2. The van der Waals surface area contributed by atoms with Gasteiger partial charge >= 0.3 is 5.97 Å². The SMILES string of the molecule is CCCCOc1cc(C(=O)OC)ccc1NC(=O)[C@H](N)Cc1ccc2ccccc2c1. The molecule has 0 aromatic heterocycles. The van der Waals surface area contributed by atoms with Crippen LogP contribution in [0.15, 0.2) is 60.7 Å². The number of carbonyl (C=O) groups is 2. The topological polar surface area (TPSA) is 90.6 Å². The molecule has 162 valence electrons. The van der Waals surface area contributed by atoms with Crippen LogP contribution in [0.4, 0.5) is 5.69 Å². The van der Waals surface area contributed by atoms with Gasteiger partial charge < -0.3 is 20.5 Å². The highest BCUT2D eigenvalue weighted by Crippen LogP contribution is 2.27. The second kappa shape index (κ2) is 10.6. The number of amides is 1. The van der Waals surface area contributed by atoms with E-state index in [9.17, 15) is 9.59 Å². The predicted molar refractivity (Wildman–Crippen MR) is 122 cm³/mol. The highest BCUT2D eigenvalue weighted by molar-refractivity contribution is 5.97. The molecule has 0 heterocycles. The Morgan fingerprint density at radius 2 is 1.81 bits per heavy atom. The van der Waals surface area contributed by atoms with E-state index in [4.69, 9.17) is 15.2 Å². The van der Waals surface area contributed by atoms with Crippen molar-refractivity contribution in [2.75, 3.05) is 19.0 Å². The summed E-state index contributed by atoms with van der Waals surface area (Å²) in [5.74, 6) is -0.367. The zero-order valence-corrected chi connectivity index (χ0v) is 17.9. The summed E-state index contributed by atoms with van der Waals surface area (Å²) < 4.78 is 10.6. The Kier molecular flexibility index (Phi) is 7.62. The lowest BCUT2D eigenvalue weighted by Gasteiger charge is -2.16. The number of benzene rings is 3. The van der Waals surface area contributed by atoms with Crippen LogP contribution in [0.2, 0.25) is 0 Å². The van der Waals surface area contributed by atoms with Crippen LogP contribution in [0.1, 0.15) is 35.7 Å². The van der Waals surface area contributed by atoms with Gasteiger partial charge in [0.2, 0.25) is 5.91 Å². The molecule has 31 heavy (non-hydrogen) atoms. The molecule has 0 aliphatic heterocycles. The first-order valence-corrected chi connectivity index (χ1v) is 10.4. The van der Waals surface area contributed by atoms with Crippen molar-refractivity contribution >= 4 is 28.3 Å². The van der Waals surface area contributed by atoms with Crippen LogP contribution in [0.25, 0.3) is 10.8 Å². The van der Waals surface area contributed by atoms with Gasteiger partial charge in [-0.3, -0.25) is 4.79 Å². The lowest BCUT2D eigenvalue weighted by atomic mass is 10.0. The highest BCUT2D eigenvalue weighted by Gasteiger charge is 2.18. The first kappa shape index (κ1) is 22.3. The van der Waals surface area contributed by atoms with Crippen LogP contribution < -0.4 is 15.8 Å². The normalized spacial score (nSPS) is 11.7. The summed E-state index contributed by atoms with van der Waals surface area (Å²) in [5.41, 5.74) is 8.00. The third-order valence-corrected chi connectivity index (χ3v) is 5.02. The molecule has 0 saturated heterocycles. The summed E-state index contributed by atoms with van der Waals surface area (Å²) in [6.07, 6.45) is 2.23. The molecule has 3 N–H and O–H groups in total. The molecular formula is C25H28N2O4. The van der Waals surface area contributed by atoms with Gasteiger partial charge in [-0.15, -0.1) is 0 Å². The van der Waals surface area contributed by atoms with Gasteiger partial charge in [-0.1, -0.05) is 55.8 Å². The van der Waals surface area contributed by atoms with E-state index in [0.717, 1.165) is 29.2 Å². The van der Waals surface area contributed by atoms with Crippen LogP contribution in [0.5, 0.6) is 5.75 Å². The quantitative estimate of drug-likeness (QED) is 0.398. The molecule has 0 fully saturated rings. The van der Waals surface area contributed by atoms with E-state index in [-0.39, 0.29) is 5.91 Å². The van der Waals surface area contributed by atoms with Gasteiger partial charge in [0, 0.05) is 0 Å². The van der Waals surface area contributed by atoms with Crippen molar-refractivity contribution in [2.45, 2.75) is 32.2 Å². The molecule has 3 rings (SSSR count). The number of rotatable bonds is 9. The summed E-state index contributed by atoms with van der Waals surface area (Å²) in [5, 5.41) is 5.09. The number of esters is 1. The molecule has 6 heteroatoms. The van der Waals surface area contributed by atoms with E-state index >= 15 is 0 Å². The van der Waals surface area contributed by atoms with Gasteiger partial charge in [0.1, 0.15) is 5.75 Å². The van der Waals surface area contributed by atoms with Crippen molar-refractivity contribution in [3.8, 4) is 5.75 Å². The standard InChI is InChI=1S/C25H28N2O4/c1-3-4-13-31-23-16-20(25(29)30-2)11-12-22(23)27-24(28)21(26)15-17-9-10-18-7-5-6-8-19(18)14-17/h5-12,14,16,21H,3-4,13,15,26H2,1-2H3,(H,27,28)/t21-/m1/s1. The molecule has 3 aromatic rings. The summed E-state index contributed by atoms with van der Waals surface area (Å²) >= 11 is 0. The number of ether oxygens (including phenoxy) is 2. The summed E-state index contributed by atoms with van der Waals surface area (Å²) in [7, 11) is 1.32. The Balaban J connectivity index is 1.72. The third kappa shape index (κ3) is 5.83. The number of hydrogen-bond acceptors (Lipinski definition) is 5.